The highest BCUT2D eigenvalue weighted by Crippen LogP contribution is 2.11. The van der Waals surface area contributed by atoms with Gasteiger partial charge in [-0.2, -0.15) is 0 Å². The van der Waals surface area contributed by atoms with Gasteiger partial charge in [0.25, 0.3) is 0 Å². The van der Waals surface area contributed by atoms with Gasteiger partial charge >= 0.3 is 11.7 Å². The number of nitrogens with zero attached hydrogens (tertiary/aromatic N) is 2. The molecule has 7 nitrogen and oxygen atoms in total. The normalized spacial score (nSPS) is 14.5. The molecule has 1 atom stereocenters. The van der Waals surface area contributed by atoms with Crippen LogP contribution in [-0.4, -0.2) is 28.3 Å². The fourth-order valence-corrected chi connectivity index (χ4v) is 1.56. The van der Waals surface area contributed by atoms with Crippen LogP contribution in [0, 0.1) is 6.92 Å². The molecule has 7 heteroatoms. The average molecular weight is 269 g/mol. The van der Waals surface area contributed by atoms with Gasteiger partial charge in [-0.1, -0.05) is 17.3 Å². The van der Waals surface area contributed by atoms with Gasteiger partial charge < -0.3 is 10.5 Å². The van der Waals surface area contributed by atoms with E-state index in [-0.39, 0.29) is 0 Å². The summed E-state index contributed by atoms with van der Waals surface area (Å²) in [6.45, 7) is 3.70. The molecule has 2 N–H and O–H groups in total. The maximum atomic E-state index is 11.3. The Labute approximate surface area is 111 Å². The summed E-state index contributed by atoms with van der Waals surface area (Å²) in [5.74, 6) is -0.403. The monoisotopic (exact) mass is 269 g/mol. The molecule has 1 rings (SSSR count). The molecule has 0 bridgehead atoms. The molecule has 0 fully saturated rings. The van der Waals surface area contributed by atoms with Gasteiger partial charge in [0, 0.05) is 6.54 Å². The summed E-state index contributed by atoms with van der Waals surface area (Å²) in [6.07, 6.45) is 4.74. The molecule has 0 aromatic carbocycles. The van der Waals surface area contributed by atoms with E-state index in [9.17, 15) is 9.59 Å². The Balaban J connectivity index is 2.44. The number of carbonyl (C=O) groups is 1. The summed E-state index contributed by atoms with van der Waals surface area (Å²) in [6, 6.07) is 0. The number of aryl methyl sites for hydroxylation is 1. The number of rotatable bonds is 6. The molecule has 1 heterocycles. The Hall–Kier alpha value is -1.89. The van der Waals surface area contributed by atoms with E-state index in [1.165, 1.54) is 11.7 Å². The second kappa shape index (κ2) is 6.33. The Morgan fingerprint density at radius 2 is 2.26 bits per heavy atom. The molecular weight excluding hydrogens is 250 g/mol. The van der Waals surface area contributed by atoms with Gasteiger partial charge in [0.2, 0.25) is 0 Å². The third-order valence-electron chi connectivity index (χ3n) is 2.80. The molecule has 0 aliphatic rings. The van der Waals surface area contributed by atoms with Gasteiger partial charge in [-0.15, -0.1) is 0 Å². The number of hydrogen-bond acceptors (Lipinski definition) is 6. The fraction of sp³-hybridized carbons (Fsp3) is 0.583. The Kier molecular flexibility index (Phi) is 5.05. The highest BCUT2D eigenvalue weighted by Gasteiger charge is 2.28. The van der Waals surface area contributed by atoms with Gasteiger partial charge in [-0.05, 0) is 26.7 Å². The smallest absolute Gasteiger partial charge is 0.441 e. The second-order valence-electron chi connectivity index (χ2n) is 4.53. The van der Waals surface area contributed by atoms with Crippen molar-refractivity contribution in [3.05, 3.63) is 28.5 Å². The first kappa shape index (κ1) is 15.2. The van der Waals surface area contributed by atoms with Crippen LogP contribution in [0.2, 0.25) is 0 Å². The topological polar surface area (TPSA) is 100 Å². The molecule has 1 aromatic rings. The first-order valence-corrected chi connectivity index (χ1v) is 5.94. The molecule has 0 aliphatic carbocycles. The number of hydrogen-bond donors (Lipinski definition) is 1. The maximum Gasteiger partial charge on any atom is 0.441 e. The number of aromatic nitrogens is 2. The van der Waals surface area contributed by atoms with Gasteiger partial charge in [-0.3, -0.25) is 13.9 Å². The van der Waals surface area contributed by atoms with Gasteiger partial charge in [0.15, 0.2) is 5.82 Å². The van der Waals surface area contributed by atoms with Crippen LogP contribution in [0.1, 0.15) is 25.6 Å². The Morgan fingerprint density at radius 1 is 1.58 bits per heavy atom. The summed E-state index contributed by atoms with van der Waals surface area (Å²) in [5, 5.41) is 3.55. The highest BCUT2D eigenvalue weighted by molar-refractivity contribution is 5.79. The number of nitrogens with two attached hydrogens (primary N) is 1. The molecule has 0 unspecified atom stereocenters. The third kappa shape index (κ3) is 4.06. The van der Waals surface area contributed by atoms with Crippen molar-refractivity contribution in [3.8, 4) is 0 Å². The zero-order chi connectivity index (χ0) is 14.5. The lowest BCUT2D eigenvalue weighted by molar-refractivity contribution is -0.146. The van der Waals surface area contributed by atoms with Gasteiger partial charge in [0.05, 0.1) is 7.11 Å². The minimum Gasteiger partial charge on any atom is -0.468 e. The zero-order valence-electron chi connectivity index (χ0n) is 11.4. The number of allylic oxidation sites excluding steroid dienone is 2. The molecule has 0 amide bonds. The van der Waals surface area contributed by atoms with E-state index < -0.39 is 17.3 Å². The van der Waals surface area contributed by atoms with Gasteiger partial charge in [0.1, 0.15) is 5.54 Å². The minimum atomic E-state index is -0.997. The summed E-state index contributed by atoms with van der Waals surface area (Å²) < 4.78 is 10.5. The molecule has 0 saturated heterocycles. The van der Waals surface area contributed by atoms with Crippen molar-refractivity contribution in [2.24, 2.45) is 5.73 Å². The standard InChI is InChI=1S/C12H19N3O4/c1-9-14-19-11(17)15(9)8-6-4-5-7-12(2,13)10(16)18-3/h4,6H,5,7-8,13H2,1-3H3/b6-4-/t12-/m1/s1. The third-order valence-corrected chi connectivity index (χ3v) is 2.80. The SMILES string of the molecule is COC(=O)[C@](C)(N)CC/C=C\Cn1c(C)noc1=O. The molecule has 0 aliphatic heterocycles. The van der Waals surface area contributed by atoms with E-state index in [2.05, 4.69) is 14.4 Å². The van der Waals surface area contributed by atoms with Crippen LogP contribution in [0.3, 0.4) is 0 Å². The first-order valence-electron chi connectivity index (χ1n) is 5.94. The number of ether oxygens (including phenoxy) is 1. The second-order valence-corrected chi connectivity index (χ2v) is 4.53. The lowest BCUT2D eigenvalue weighted by atomic mass is 9.97. The minimum absolute atomic E-state index is 0.383. The first-order chi connectivity index (χ1) is 8.88. The molecule has 106 valence electrons. The number of methoxy groups -OCH3 is 1. The zero-order valence-corrected chi connectivity index (χ0v) is 11.4. The predicted molar refractivity (Wildman–Crippen MR) is 68.5 cm³/mol. The van der Waals surface area contributed by atoms with Crippen molar-refractivity contribution >= 4 is 5.97 Å². The van der Waals surface area contributed by atoms with Crippen LogP contribution in [0.25, 0.3) is 0 Å². The van der Waals surface area contributed by atoms with E-state index >= 15 is 0 Å². The summed E-state index contributed by atoms with van der Waals surface area (Å²) in [5.41, 5.74) is 4.81. The molecule has 1 aromatic heterocycles. The molecule has 0 saturated carbocycles. The predicted octanol–water partition coefficient (Wildman–Crippen LogP) is 0.372. The molecule has 0 spiro atoms. The van der Waals surface area contributed by atoms with Crippen LogP contribution >= 0.6 is 0 Å². The van der Waals surface area contributed by atoms with Crippen molar-refractivity contribution < 1.29 is 14.1 Å². The van der Waals surface area contributed by atoms with E-state index in [0.29, 0.717) is 25.2 Å². The van der Waals surface area contributed by atoms with E-state index in [0.717, 1.165) is 0 Å². The average Bonchev–Trinajstić information content (AvgIpc) is 2.68. The molecular formula is C12H19N3O4. The highest BCUT2D eigenvalue weighted by atomic mass is 16.5. The van der Waals surface area contributed by atoms with E-state index in [1.807, 2.05) is 6.08 Å². The van der Waals surface area contributed by atoms with Crippen molar-refractivity contribution in [1.82, 2.24) is 9.72 Å². The van der Waals surface area contributed by atoms with Crippen LogP contribution in [0.15, 0.2) is 21.5 Å². The molecule has 19 heavy (non-hydrogen) atoms. The van der Waals surface area contributed by atoms with Crippen molar-refractivity contribution in [3.63, 3.8) is 0 Å². The van der Waals surface area contributed by atoms with Crippen LogP contribution in [0.5, 0.6) is 0 Å². The fourth-order valence-electron chi connectivity index (χ4n) is 1.56. The lowest BCUT2D eigenvalue weighted by Crippen LogP contribution is -2.45. The maximum absolute atomic E-state index is 11.3. The summed E-state index contributed by atoms with van der Waals surface area (Å²) in [4.78, 5) is 22.5. The van der Waals surface area contributed by atoms with Crippen LogP contribution in [-0.2, 0) is 16.1 Å². The molecule has 0 radical (unpaired) electrons. The van der Waals surface area contributed by atoms with E-state index in [1.54, 1.807) is 19.9 Å². The van der Waals surface area contributed by atoms with Gasteiger partial charge in [-0.25, -0.2) is 4.79 Å². The number of carbonyl (C=O) groups excluding carboxylic acids is 1. The van der Waals surface area contributed by atoms with Crippen LogP contribution < -0.4 is 11.5 Å². The van der Waals surface area contributed by atoms with Crippen molar-refractivity contribution in [2.45, 2.75) is 38.8 Å². The summed E-state index contributed by atoms with van der Waals surface area (Å²) in [7, 11) is 1.31. The number of esters is 1. The van der Waals surface area contributed by atoms with E-state index in [4.69, 9.17) is 5.73 Å². The largest absolute Gasteiger partial charge is 0.468 e. The van der Waals surface area contributed by atoms with Crippen molar-refractivity contribution in [2.75, 3.05) is 7.11 Å². The summed E-state index contributed by atoms with van der Waals surface area (Å²) >= 11 is 0. The quantitative estimate of drug-likeness (QED) is 0.591. The Bertz CT molecular complexity index is 513. The van der Waals surface area contributed by atoms with Crippen molar-refractivity contribution in [1.29, 1.82) is 0 Å². The lowest BCUT2D eigenvalue weighted by Gasteiger charge is -2.20. The van der Waals surface area contributed by atoms with Crippen LogP contribution in [0.4, 0.5) is 0 Å². The Morgan fingerprint density at radius 3 is 2.79 bits per heavy atom.